The van der Waals surface area contributed by atoms with Gasteiger partial charge in [-0.1, -0.05) is 44.9 Å². The van der Waals surface area contributed by atoms with Crippen molar-refractivity contribution in [2.75, 3.05) is 31.2 Å². The topological polar surface area (TPSA) is 82.8 Å². The van der Waals surface area contributed by atoms with Crippen LogP contribution < -0.4 is 9.62 Å². The number of aromatic nitrogens is 2. The minimum atomic E-state index is -3.54. The second kappa shape index (κ2) is 19.3. The van der Waals surface area contributed by atoms with Crippen molar-refractivity contribution < 1.29 is 12.8 Å². The summed E-state index contributed by atoms with van der Waals surface area (Å²) in [5.74, 6) is 0. The van der Waals surface area contributed by atoms with Crippen molar-refractivity contribution in [3.8, 4) is 0 Å². The van der Waals surface area contributed by atoms with Crippen molar-refractivity contribution >= 4 is 38.0 Å². The van der Waals surface area contributed by atoms with E-state index in [0.29, 0.717) is 18.3 Å². The van der Waals surface area contributed by atoms with Gasteiger partial charge in [0.05, 0.1) is 17.4 Å². The SMILES string of the molecule is C/C=C(\C)n1ncc2c(N3CCC(NS(=O)(=O)C(C)/C(C)=N\N(CC)C4CCCC4)C3)cccc21.C=C.C=CCF.CC. The summed E-state index contributed by atoms with van der Waals surface area (Å²) >= 11 is 0. The Hall–Kier alpha value is -2.98. The van der Waals surface area contributed by atoms with E-state index >= 15 is 0 Å². The van der Waals surface area contributed by atoms with Gasteiger partial charge in [0.25, 0.3) is 0 Å². The van der Waals surface area contributed by atoms with Crippen molar-refractivity contribution in [1.29, 1.82) is 0 Å². The first-order chi connectivity index (χ1) is 20.7. The summed E-state index contributed by atoms with van der Waals surface area (Å²) in [6, 6.07) is 6.52. The molecule has 1 aliphatic carbocycles. The minimum absolute atomic E-state index is 0.130. The maximum absolute atomic E-state index is 13.2. The average Bonchev–Trinajstić information content (AvgIpc) is 3.82. The number of anilines is 1. The first kappa shape index (κ1) is 38.0. The predicted molar refractivity (Wildman–Crippen MR) is 184 cm³/mol. The number of rotatable bonds is 10. The monoisotopic (exact) mass is 618 g/mol. The van der Waals surface area contributed by atoms with Gasteiger partial charge in [0.15, 0.2) is 0 Å². The fraction of sp³-hybridized carbons (Fsp3) is 0.576. The normalized spacial score (nSPS) is 18.1. The van der Waals surface area contributed by atoms with E-state index in [4.69, 9.17) is 5.10 Å². The van der Waals surface area contributed by atoms with Crippen LogP contribution in [0.2, 0.25) is 0 Å². The van der Waals surface area contributed by atoms with Gasteiger partial charge in [-0.2, -0.15) is 10.2 Å². The Morgan fingerprint density at radius 2 is 1.86 bits per heavy atom. The molecule has 43 heavy (non-hydrogen) atoms. The van der Waals surface area contributed by atoms with E-state index < -0.39 is 21.9 Å². The first-order valence-electron chi connectivity index (χ1n) is 15.5. The van der Waals surface area contributed by atoms with Crippen molar-refractivity contribution in [3.63, 3.8) is 0 Å². The third-order valence-corrected chi connectivity index (χ3v) is 9.66. The Labute approximate surface area is 260 Å². The average molecular weight is 619 g/mol. The van der Waals surface area contributed by atoms with Crippen LogP contribution in [0.5, 0.6) is 0 Å². The number of benzene rings is 1. The quantitative estimate of drug-likeness (QED) is 0.170. The largest absolute Gasteiger partial charge is 0.369 e. The van der Waals surface area contributed by atoms with Crippen LogP contribution in [0.3, 0.4) is 0 Å². The fourth-order valence-electron chi connectivity index (χ4n) is 5.25. The molecule has 4 rings (SSSR count). The molecule has 0 spiro atoms. The molecule has 2 heterocycles. The van der Waals surface area contributed by atoms with E-state index in [1.807, 2.05) is 57.6 Å². The summed E-state index contributed by atoms with van der Waals surface area (Å²) in [5, 5.41) is 11.8. The van der Waals surface area contributed by atoms with Gasteiger partial charge in [0, 0.05) is 48.5 Å². The number of fused-ring (bicyclic) bond motifs is 1. The summed E-state index contributed by atoms with van der Waals surface area (Å²) in [6.07, 6.45) is 10.7. The fourth-order valence-corrected chi connectivity index (χ4v) is 6.60. The van der Waals surface area contributed by atoms with Crippen LogP contribution in [-0.2, 0) is 10.0 Å². The van der Waals surface area contributed by atoms with Gasteiger partial charge in [-0.15, -0.1) is 19.7 Å². The Morgan fingerprint density at radius 1 is 1.23 bits per heavy atom. The van der Waals surface area contributed by atoms with Crippen molar-refractivity contribution in [2.24, 2.45) is 5.10 Å². The number of halogens is 1. The summed E-state index contributed by atoms with van der Waals surface area (Å²) < 4.78 is 42.0. The number of nitrogens with one attached hydrogen (secondary N) is 1. The van der Waals surface area contributed by atoms with Gasteiger partial charge in [-0.3, -0.25) is 5.01 Å². The standard InChI is InChI=1S/C26H40N6O2S.C3H5F.C2H6.C2H4/c1-6-19(3)32-26-14-10-13-25(24(26)17-27-32)30-16-15-22(18-30)29-35(33,34)21(5)20(4)28-31(7-2)23-11-8-9-12-23;1-2-3-4;2*1-2/h6,10,13-14,17,21-23,29H,7-9,11-12,15-16,18H2,1-5H3;2H,1,3H2;1-2H3;1-2H2/b19-6+,28-20-;;;. The maximum atomic E-state index is 13.2. The molecule has 1 aromatic heterocycles. The molecule has 1 N–H and O–H groups in total. The third kappa shape index (κ3) is 10.3. The van der Waals surface area contributed by atoms with Gasteiger partial charge in [0.2, 0.25) is 10.0 Å². The van der Waals surface area contributed by atoms with Crippen LogP contribution in [0.1, 0.15) is 80.6 Å². The molecule has 242 valence electrons. The molecule has 10 heteroatoms. The van der Waals surface area contributed by atoms with Gasteiger partial charge < -0.3 is 4.90 Å². The number of sulfonamides is 1. The Bertz CT molecular complexity index is 1280. The lowest BCUT2D eigenvalue weighted by molar-refractivity contribution is 0.218. The second-order valence-electron chi connectivity index (χ2n) is 10.3. The zero-order valence-electron chi connectivity index (χ0n) is 27.5. The van der Waals surface area contributed by atoms with E-state index in [0.717, 1.165) is 54.6 Å². The molecular weight excluding hydrogens is 563 g/mol. The Balaban J connectivity index is 0.00000105. The molecular formula is C33H55FN6O2S. The van der Waals surface area contributed by atoms with E-state index in [1.165, 1.54) is 18.9 Å². The molecule has 1 aromatic carbocycles. The molecule has 1 saturated heterocycles. The summed E-state index contributed by atoms with van der Waals surface area (Å²) in [6.45, 7) is 24.6. The van der Waals surface area contributed by atoms with Crippen LogP contribution >= 0.6 is 0 Å². The Morgan fingerprint density at radius 3 is 2.42 bits per heavy atom. The number of hydrazone groups is 1. The van der Waals surface area contributed by atoms with Gasteiger partial charge in [-0.25, -0.2) is 22.2 Å². The highest BCUT2D eigenvalue weighted by Gasteiger charge is 2.32. The molecule has 2 fully saturated rings. The predicted octanol–water partition coefficient (Wildman–Crippen LogP) is 7.41. The molecule has 1 aliphatic heterocycles. The molecule has 2 atom stereocenters. The summed E-state index contributed by atoms with van der Waals surface area (Å²) in [7, 11) is -3.54. The van der Waals surface area contributed by atoms with Crippen LogP contribution in [0, 0.1) is 0 Å². The summed E-state index contributed by atoms with van der Waals surface area (Å²) in [4.78, 5) is 2.26. The number of alkyl halides is 1. The molecule has 2 aromatic rings. The highest BCUT2D eigenvalue weighted by Crippen LogP contribution is 2.31. The first-order valence-corrected chi connectivity index (χ1v) is 17.1. The molecule has 0 radical (unpaired) electrons. The van der Waals surface area contributed by atoms with E-state index in [2.05, 4.69) is 58.5 Å². The highest BCUT2D eigenvalue weighted by atomic mass is 32.2. The van der Waals surface area contributed by atoms with Crippen molar-refractivity contribution in [3.05, 3.63) is 56.3 Å². The molecule has 2 aliphatic rings. The van der Waals surface area contributed by atoms with E-state index in [-0.39, 0.29) is 6.04 Å². The number of hydrogen-bond donors (Lipinski definition) is 1. The zero-order chi connectivity index (χ0) is 32.6. The van der Waals surface area contributed by atoms with E-state index in [1.54, 1.807) is 6.92 Å². The molecule has 0 bridgehead atoms. The van der Waals surface area contributed by atoms with Crippen LogP contribution in [0.25, 0.3) is 16.6 Å². The van der Waals surface area contributed by atoms with Crippen LogP contribution in [0.4, 0.5) is 10.1 Å². The Kier molecular flexibility index (Phi) is 17.1. The molecule has 0 amide bonds. The molecule has 8 nitrogen and oxygen atoms in total. The molecule has 2 unspecified atom stereocenters. The third-order valence-electron chi connectivity index (χ3n) is 7.72. The van der Waals surface area contributed by atoms with Crippen LogP contribution in [-0.4, -0.2) is 72.6 Å². The lowest BCUT2D eigenvalue weighted by Gasteiger charge is -2.26. The van der Waals surface area contributed by atoms with Crippen LogP contribution in [0.15, 0.2) is 61.4 Å². The van der Waals surface area contributed by atoms with Gasteiger partial charge in [-0.05, 0) is 66.0 Å². The highest BCUT2D eigenvalue weighted by molar-refractivity contribution is 7.90. The lowest BCUT2D eigenvalue weighted by Crippen LogP contribution is -2.44. The van der Waals surface area contributed by atoms with Gasteiger partial charge in [0.1, 0.15) is 11.9 Å². The van der Waals surface area contributed by atoms with Crippen molar-refractivity contribution in [2.45, 2.75) is 97.9 Å². The number of allylic oxidation sites excluding steroid dienone is 3. The maximum Gasteiger partial charge on any atom is 0.219 e. The smallest absolute Gasteiger partial charge is 0.219 e. The number of nitrogens with zero attached hydrogens (tertiary/aromatic N) is 5. The van der Waals surface area contributed by atoms with Crippen molar-refractivity contribution in [1.82, 2.24) is 19.5 Å². The van der Waals surface area contributed by atoms with E-state index in [9.17, 15) is 12.8 Å². The van der Waals surface area contributed by atoms with Gasteiger partial charge >= 0.3 is 0 Å². The zero-order valence-corrected chi connectivity index (χ0v) is 28.3. The minimum Gasteiger partial charge on any atom is -0.369 e. The second-order valence-corrected chi connectivity index (χ2v) is 12.3. The molecule has 1 saturated carbocycles. The summed E-state index contributed by atoms with van der Waals surface area (Å²) in [5.41, 5.74) is 3.88. The number of hydrogen-bond acceptors (Lipinski definition) is 6. The lowest BCUT2D eigenvalue weighted by atomic mass is 10.2.